The van der Waals surface area contributed by atoms with E-state index >= 15 is 0 Å². The van der Waals surface area contributed by atoms with Crippen molar-refractivity contribution in [2.75, 3.05) is 6.61 Å². The second kappa shape index (κ2) is 2.33. The SMILES string of the molecule is c1ccc2c(c1)[C@H]1CCCO[C@@H]21. The Hall–Kier alpha value is -0.820. The Bertz CT molecular complexity index is 275. The molecule has 0 bridgehead atoms. The van der Waals surface area contributed by atoms with E-state index in [0.29, 0.717) is 6.10 Å². The fourth-order valence-electron chi connectivity index (χ4n) is 2.42. The van der Waals surface area contributed by atoms with E-state index in [-0.39, 0.29) is 0 Å². The van der Waals surface area contributed by atoms with E-state index < -0.39 is 0 Å². The predicted molar refractivity (Wildman–Crippen MR) is 47.1 cm³/mol. The van der Waals surface area contributed by atoms with Gasteiger partial charge in [0.15, 0.2) is 0 Å². The monoisotopic (exact) mass is 160 g/mol. The van der Waals surface area contributed by atoms with Gasteiger partial charge in [0.2, 0.25) is 0 Å². The average molecular weight is 160 g/mol. The molecule has 62 valence electrons. The Morgan fingerprint density at radius 2 is 2.00 bits per heavy atom. The maximum atomic E-state index is 5.70. The smallest absolute Gasteiger partial charge is 0.0896 e. The molecule has 1 aliphatic carbocycles. The van der Waals surface area contributed by atoms with Crippen molar-refractivity contribution in [1.82, 2.24) is 0 Å². The summed E-state index contributed by atoms with van der Waals surface area (Å²) >= 11 is 0. The molecule has 1 saturated heterocycles. The van der Waals surface area contributed by atoms with E-state index in [4.69, 9.17) is 4.74 Å². The van der Waals surface area contributed by atoms with Crippen LogP contribution in [0.1, 0.15) is 36.0 Å². The first-order chi connectivity index (χ1) is 5.97. The molecule has 0 radical (unpaired) electrons. The highest BCUT2D eigenvalue weighted by atomic mass is 16.5. The van der Waals surface area contributed by atoms with E-state index in [9.17, 15) is 0 Å². The summed E-state index contributed by atoms with van der Waals surface area (Å²) in [7, 11) is 0. The first-order valence-corrected chi connectivity index (χ1v) is 4.67. The first-order valence-electron chi connectivity index (χ1n) is 4.67. The van der Waals surface area contributed by atoms with Crippen LogP contribution in [0.5, 0.6) is 0 Å². The fraction of sp³-hybridized carbons (Fsp3) is 0.455. The van der Waals surface area contributed by atoms with Crippen LogP contribution >= 0.6 is 0 Å². The largest absolute Gasteiger partial charge is 0.373 e. The Morgan fingerprint density at radius 1 is 1.17 bits per heavy atom. The number of hydrogen-bond donors (Lipinski definition) is 0. The van der Waals surface area contributed by atoms with Crippen molar-refractivity contribution in [3.05, 3.63) is 35.4 Å². The number of benzene rings is 1. The zero-order valence-electron chi connectivity index (χ0n) is 6.99. The van der Waals surface area contributed by atoms with Crippen molar-refractivity contribution in [3.8, 4) is 0 Å². The van der Waals surface area contributed by atoms with Crippen LogP contribution in [0.2, 0.25) is 0 Å². The van der Waals surface area contributed by atoms with Gasteiger partial charge in [-0.25, -0.2) is 0 Å². The summed E-state index contributed by atoms with van der Waals surface area (Å²) in [6.07, 6.45) is 2.99. The topological polar surface area (TPSA) is 9.23 Å². The van der Waals surface area contributed by atoms with Gasteiger partial charge >= 0.3 is 0 Å². The van der Waals surface area contributed by atoms with Crippen molar-refractivity contribution in [1.29, 1.82) is 0 Å². The van der Waals surface area contributed by atoms with Gasteiger partial charge < -0.3 is 4.74 Å². The molecule has 0 aromatic heterocycles. The molecule has 1 heteroatoms. The van der Waals surface area contributed by atoms with E-state index in [1.165, 1.54) is 24.0 Å². The lowest BCUT2D eigenvalue weighted by Gasteiger charge is -2.42. The van der Waals surface area contributed by atoms with Gasteiger partial charge in [-0.1, -0.05) is 24.3 Å². The summed E-state index contributed by atoms with van der Waals surface area (Å²) < 4.78 is 5.70. The molecule has 3 rings (SSSR count). The molecule has 0 spiro atoms. The lowest BCUT2D eigenvalue weighted by atomic mass is 9.71. The Balaban J connectivity index is 2.03. The standard InChI is InChI=1S/C11H12O/c1-2-5-9-8(4-1)10-6-3-7-12-11(9)10/h1-2,4-5,10-11H,3,6-7H2/t10-,11+/m1/s1. The van der Waals surface area contributed by atoms with Crippen LogP contribution in [-0.2, 0) is 4.74 Å². The summed E-state index contributed by atoms with van der Waals surface area (Å²) in [5, 5.41) is 0. The molecule has 0 unspecified atom stereocenters. The Kier molecular flexibility index (Phi) is 1.30. The summed E-state index contributed by atoms with van der Waals surface area (Å²) in [4.78, 5) is 0. The van der Waals surface area contributed by atoms with Gasteiger partial charge in [-0.2, -0.15) is 0 Å². The predicted octanol–water partition coefficient (Wildman–Crippen LogP) is 2.64. The lowest BCUT2D eigenvalue weighted by molar-refractivity contribution is -0.0221. The number of fused-ring (bicyclic) bond motifs is 4. The van der Waals surface area contributed by atoms with Gasteiger partial charge in [-0.05, 0) is 24.0 Å². The van der Waals surface area contributed by atoms with Gasteiger partial charge in [0.05, 0.1) is 6.10 Å². The number of rotatable bonds is 0. The van der Waals surface area contributed by atoms with Crippen molar-refractivity contribution in [2.24, 2.45) is 0 Å². The Labute approximate surface area is 72.4 Å². The van der Waals surface area contributed by atoms with Crippen LogP contribution in [-0.4, -0.2) is 6.61 Å². The third kappa shape index (κ3) is 0.721. The molecule has 1 nitrogen and oxygen atoms in total. The molecule has 1 aliphatic heterocycles. The van der Waals surface area contributed by atoms with Crippen molar-refractivity contribution in [3.63, 3.8) is 0 Å². The van der Waals surface area contributed by atoms with Gasteiger partial charge in [-0.15, -0.1) is 0 Å². The minimum Gasteiger partial charge on any atom is -0.373 e. The molecule has 1 heterocycles. The van der Waals surface area contributed by atoms with Crippen LogP contribution in [0, 0.1) is 0 Å². The van der Waals surface area contributed by atoms with Gasteiger partial charge in [0, 0.05) is 12.5 Å². The number of hydrogen-bond acceptors (Lipinski definition) is 1. The van der Waals surface area contributed by atoms with Gasteiger partial charge in [0.1, 0.15) is 0 Å². The molecular weight excluding hydrogens is 148 g/mol. The molecule has 2 aliphatic rings. The van der Waals surface area contributed by atoms with Crippen molar-refractivity contribution in [2.45, 2.75) is 24.9 Å². The minimum atomic E-state index is 0.440. The molecule has 0 saturated carbocycles. The summed E-state index contributed by atoms with van der Waals surface area (Å²) in [5.41, 5.74) is 2.96. The van der Waals surface area contributed by atoms with Gasteiger partial charge in [-0.3, -0.25) is 0 Å². The van der Waals surface area contributed by atoms with E-state index in [1.54, 1.807) is 0 Å². The Morgan fingerprint density at radius 3 is 2.92 bits per heavy atom. The highest BCUT2D eigenvalue weighted by molar-refractivity contribution is 5.43. The molecule has 0 amide bonds. The zero-order chi connectivity index (χ0) is 7.97. The van der Waals surface area contributed by atoms with Crippen molar-refractivity contribution < 1.29 is 4.74 Å². The van der Waals surface area contributed by atoms with Crippen LogP contribution < -0.4 is 0 Å². The average Bonchev–Trinajstić information content (AvgIpc) is 2.14. The quantitative estimate of drug-likeness (QED) is 0.567. The molecule has 2 atom stereocenters. The second-order valence-corrected chi connectivity index (χ2v) is 3.67. The van der Waals surface area contributed by atoms with Crippen molar-refractivity contribution >= 4 is 0 Å². The normalized spacial score (nSPS) is 31.7. The molecule has 12 heavy (non-hydrogen) atoms. The molecule has 0 N–H and O–H groups in total. The lowest BCUT2D eigenvalue weighted by Crippen LogP contribution is -2.30. The third-order valence-electron chi connectivity index (χ3n) is 3.02. The molecule has 1 aromatic carbocycles. The molecule has 1 fully saturated rings. The summed E-state index contributed by atoms with van der Waals surface area (Å²) in [6, 6.07) is 8.67. The molecule has 1 aromatic rings. The fourth-order valence-corrected chi connectivity index (χ4v) is 2.42. The second-order valence-electron chi connectivity index (χ2n) is 3.67. The van der Waals surface area contributed by atoms with Crippen LogP contribution in [0.4, 0.5) is 0 Å². The van der Waals surface area contributed by atoms with Crippen LogP contribution in [0.15, 0.2) is 24.3 Å². The van der Waals surface area contributed by atoms with E-state index in [2.05, 4.69) is 24.3 Å². The van der Waals surface area contributed by atoms with Crippen LogP contribution in [0.3, 0.4) is 0 Å². The highest BCUT2D eigenvalue weighted by Gasteiger charge is 2.39. The first kappa shape index (κ1) is 6.67. The zero-order valence-corrected chi connectivity index (χ0v) is 6.99. The summed E-state index contributed by atoms with van der Waals surface area (Å²) in [6.45, 7) is 0.954. The van der Waals surface area contributed by atoms with E-state index in [0.717, 1.165) is 12.5 Å². The maximum absolute atomic E-state index is 5.70. The third-order valence-corrected chi connectivity index (χ3v) is 3.02. The minimum absolute atomic E-state index is 0.440. The summed E-state index contributed by atoms with van der Waals surface area (Å²) in [5.74, 6) is 0.718. The van der Waals surface area contributed by atoms with Crippen LogP contribution in [0.25, 0.3) is 0 Å². The number of ether oxygens (including phenoxy) is 1. The maximum Gasteiger partial charge on any atom is 0.0896 e. The molecular formula is C11H12O. The highest BCUT2D eigenvalue weighted by Crippen LogP contribution is 2.51. The van der Waals surface area contributed by atoms with E-state index in [1.807, 2.05) is 0 Å². The van der Waals surface area contributed by atoms with Gasteiger partial charge in [0.25, 0.3) is 0 Å².